The van der Waals surface area contributed by atoms with Crippen molar-refractivity contribution >= 4 is 33.2 Å². The van der Waals surface area contributed by atoms with Crippen LogP contribution in [0.2, 0.25) is 0 Å². The second-order valence-corrected chi connectivity index (χ2v) is 6.36. The molecule has 0 saturated carbocycles. The lowest BCUT2D eigenvalue weighted by molar-refractivity contribution is 0.0954. The average Bonchev–Trinajstić information content (AvgIpc) is 2.67. The Morgan fingerprint density at radius 3 is 2.65 bits per heavy atom. The van der Waals surface area contributed by atoms with Crippen molar-refractivity contribution in [1.29, 1.82) is 0 Å². The summed E-state index contributed by atoms with van der Waals surface area (Å²) in [6, 6.07) is 15.0. The number of hydrogen-bond donors (Lipinski definition) is 1. The summed E-state index contributed by atoms with van der Waals surface area (Å²) >= 11 is 0. The Morgan fingerprint density at radius 2 is 1.88 bits per heavy atom. The van der Waals surface area contributed by atoms with E-state index in [2.05, 4.69) is 17.2 Å². The lowest BCUT2D eigenvalue weighted by Crippen LogP contribution is -2.26. The topological polar surface area (TPSA) is 63.5 Å². The Labute approximate surface area is 150 Å². The summed E-state index contributed by atoms with van der Waals surface area (Å²) in [6.45, 7) is 2.68. The van der Waals surface area contributed by atoms with Gasteiger partial charge in [-0.2, -0.15) is 0 Å². The normalized spacial score (nSPS) is 11.3. The number of hydrogen-bond acceptors (Lipinski definition) is 3. The number of fused-ring (bicyclic) bond motifs is 3. The van der Waals surface area contributed by atoms with Crippen LogP contribution in [0.25, 0.3) is 27.3 Å². The highest BCUT2D eigenvalue weighted by atomic mass is 16.1. The zero-order valence-electron chi connectivity index (χ0n) is 14.5. The second kappa shape index (κ2) is 6.59. The first kappa shape index (κ1) is 16.3. The average molecular weight is 345 g/mol. The molecule has 4 rings (SSSR count). The standard InChI is InChI=1S/C21H19N3O2/c1-2-3-10-22-20(25)16-9-6-11-24-19(16)23-18-13-15-8-5-4-7-14(15)12-17(18)21(24)26/h4-9,11-13H,2-3,10H2,1H3,(H,22,25). The molecule has 0 saturated heterocycles. The molecule has 0 fully saturated rings. The molecule has 0 aliphatic rings. The zero-order valence-corrected chi connectivity index (χ0v) is 14.5. The van der Waals surface area contributed by atoms with Crippen LogP contribution in [-0.4, -0.2) is 21.8 Å². The molecule has 0 aliphatic heterocycles. The molecule has 1 amide bonds. The van der Waals surface area contributed by atoms with Gasteiger partial charge in [0.05, 0.1) is 16.5 Å². The van der Waals surface area contributed by atoms with E-state index in [4.69, 9.17) is 0 Å². The highest BCUT2D eigenvalue weighted by molar-refractivity contribution is 6.02. The van der Waals surface area contributed by atoms with Crippen molar-refractivity contribution in [1.82, 2.24) is 14.7 Å². The molecule has 5 nitrogen and oxygen atoms in total. The molecular weight excluding hydrogens is 326 g/mol. The van der Waals surface area contributed by atoms with Crippen LogP contribution >= 0.6 is 0 Å². The van der Waals surface area contributed by atoms with Gasteiger partial charge in [0.25, 0.3) is 11.5 Å². The van der Waals surface area contributed by atoms with Crippen molar-refractivity contribution in [2.24, 2.45) is 0 Å². The molecule has 130 valence electrons. The monoisotopic (exact) mass is 345 g/mol. The van der Waals surface area contributed by atoms with Crippen LogP contribution in [0.5, 0.6) is 0 Å². The maximum Gasteiger partial charge on any atom is 0.265 e. The van der Waals surface area contributed by atoms with E-state index in [0.29, 0.717) is 28.7 Å². The molecule has 2 aromatic carbocycles. The highest BCUT2D eigenvalue weighted by Gasteiger charge is 2.14. The van der Waals surface area contributed by atoms with E-state index in [-0.39, 0.29) is 11.5 Å². The predicted octanol–water partition coefficient (Wildman–Crippen LogP) is 3.53. The van der Waals surface area contributed by atoms with Gasteiger partial charge >= 0.3 is 0 Å². The number of aromatic nitrogens is 2. The van der Waals surface area contributed by atoms with E-state index >= 15 is 0 Å². The van der Waals surface area contributed by atoms with Gasteiger partial charge in [-0.05, 0) is 41.5 Å². The molecule has 2 heterocycles. The Balaban J connectivity index is 1.94. The lowest BCUT2D eigenvalue weighted by atomic mass is 10.1. The minimum Gasteiger partial charge on any atom is -0.352 e. The molecule has 0 spiro atoms. The first-order valence-electron chi connectivity index (χ1n) is 8.81. The van der Waals surface area contributed by atoms with Crippen LogP contribution < -0.4 is 10.9 Å². The maximum atomic E-state index is 13.0. The minimum atomic E-state index is -0.205. The number of carbonyl (C=O) groups is 1. The van der Waals surface area contributed by atoms with Crippen molar-refractivity contribution in [2.75, 3.05) is 6.54 Å². The van der Waals surface area contributed by atoms with E-state index in [1.807, 2.05) is 36.4 Å². The number of nitrogens with zero attached hydrogens (tertiary/aromatic N) is 2. The second-order valence-electron chi connectivity index (χ2n) is 6.36. The summed E-state index contributed by atoms with van der Waals surface area (Å²) in [5.41, 5.74) is 1.23. The van der Waals surface area contributed by atoms with Gasteiger partial charge in [0.15, 0.2) is 5.65 Å². The van der Waals surface area contributed by atoms with E-state index in [9.17, 15) is 9.59 Å². The number of rotatable bonds is 4. The third kappa shape index (κ3) is 2.71. The molecule has 4 aromatic rings. The van der Waals surface area contributed by atoms with Crippen LogP contribution in [0.1, 0.15) is 30.1 Å². The summed E-state index contributed by atoms with van der Waals surface area (Å²) in [7, 11) is 0. The number of benzene rings is 2. The predicted molar refractivity (Wildman–Crippen MR) is 104 cm³/mol. The van der Waals surface area contributed by atoms with Crippen molar-refractivity contribution < 1.29 is 4.79 Å². The zero-order chi connectivity index (χ0) is 18.1. The summed E-state index contributed by atoms with van der Waals surface area (Å²) in [6.07, 6.45) is 3.58. The van der Waals surface area contributed by atoms with Gasteiger partial charge in [0, 0.05) is 12.7 Å². The van der Waals surface area contributed by atoms with E-state index in [1.165, 1.54) is 4.40 Å². The Kier molecular flexibility index (Phi) is 4.13. The number of unbranched alkanes of at least 4 members (excludes halogenated alkanes) is 1. The third-order valence-corrected chi connectivity index (χ3v) is 4.57. The molecule has 0 bridgehead atoms. The van der Waals surface area contributed by atoms with Crippen molar-refractivity contribution in [3.8, 4) is 0 Å². The van der Waals surface area contributed by atoms with Gasteiger partial charge in [-0.3, -0.25) is 14.0 Å². The Bertz CT molecular complexity index is 1190. The summed E-state index contributed by atoms with van der Waals surface area (Å²) in [4.78, 5) is 30.1. The largest absolute Gasteiger partial charge is 0.352 e. The van der Waals surface area contributed by atoms with Gasteiger partial charge < -0.3 is 5.32 Å². The molecule has 0 unspecified atom stereocenters. The molecule has 2 aromatic heterocycles. The van der Waals surface area contributed by atoms with Crippen LogP contribution in [0, 0.1) is 0 Å². The van der Waals surface area contributed by atoms with Gasteiger partial charge in [-0.15, -0.1) is 0 Å². The van der Waals surface area contributed by atoms with E-state index in [0.717, 1.165) is 23.6 Å². The quantitative estimate of drug-likeness (QED) is 0.455. The molecule has 0 atom stereocenters. The first-order chi connectivity index (χ1) is 12.7. The van der Waals surface area contributed by atoms with Gasteiger partial charge in [-0.1, -0.05) is 37.6 Å². The van der Waals surface area contributed by atoms with Crippen LogP contribution in [0.3, 0.4) is 0 Å². The summed E-state index contributed by atoms with van der Waals surface area (Å²) < 4.78 is 1.45. The fourth-order valence-electron chi connectivity index (χ4n) is 3.17. The number of carbonyl (C=O) groups excluding carboxylic acids is 1. The molecule has 26 heavy (non-hydrogen) atoms. The number of amides is 1. The van der Waals surface area contributed by atoms with Crippen LogP contribution in [-0.2, 0) is 0 Å². The van der Waals surface area contributed by atoms with Crippen LogP contribution in [0.4, 0.5) is 0 Å². The maximum absolute atomic E-state index is 13.0. The third-order valence-electron chi connectivity index (χ3n) is 4.57. The molecule has 1 N–H and O–H groups in total. The van der Waals surface area contributed by atoms with Crippen molar-refractivity contribution in [2.45, 2.75) is 19.8 Å². The van der Waals surface area contributed by atoms with Gasteiger partial charge in [0.2, 0.25) is 0 Å². The van der Waals surface area contributed by atoms with Gasteiger partial charge in [0.1, 0.15) is 0 Å². The SMILES string of the molecule is CCCCNC(=O)c1cccn2c(=O)c3cc4ccccc4cc3nc12. The fraction of sp³-hybridized carbons (Fsp3) is 0.190. The number of pyridine rings is 1. The Hall–Kier alpha value is -3.21. The summed E-state index contributed by atoms with van der Waals surface area (Å²) in [5, 5.41) is 5.45. The first-order valence-corrected chi connectivity index (χ1v) is 8.81. The summed E-state index contributed by atoms with van der Waals surface area (Å²) in [5.74, 6) is -0.205. The van der Waals surface area contributed by atoms with Crippen molar-refractivity contribution in [3.63, 3.8) is 0 Å². The van der Waals surface area contributed by atoms with E-state index < -0.39 is 0 Å². The molecule has 0 radical (unpaired) electrons. The molecule has 5 heteroatoms. The van der Waals surface area contributed by atoms with E-state index in [1.54, 1.807) is 18.3 Å². The lowest BCUT2D eigenvalue weighted by Gasteiger charge is -2.09. The molecule has 0 aliphatic carbocycles. The minimum absolute atomic E-state index is 0.168. The smallest absolute Gasteiger partial charge is 0.265 e. The van der Waals surface area contributed by atoms with Gasteiger partial charge in [-0.25, -0.2) is 4.98 Å². The number of nitrogens with one attached hydrogen (secondary N) is 1. The van der Waals surface area contributed by atoms with Crippen LogP contribution in [0.15, 0.2) is 59.5 Å². The fourth-order valence-corrected chi connectivity index (χ4v) is 3.17. The Morgan fingerprint density at radius 1 is 1.12 bits per heavy atom. The highest BCUT2D eigenvalue weighted by Crippen LogP contribution is 2.20. The molecular formula is C21H19N3O2. The van der Waals surface area contributed by atoms with Crippen molar-refractivity contribution in [3.05, 3.63) is 70.6 Å².